The van der Waals surface area contributed by atoms with Crippen molar-refractivity contribution in [2.75, 3.05) is 12.4 Å². The van der Waals surface area contributed by atoms with Crippen LogP contribution >= 0.6 is 0 Å². The normalized spacial score (nSPS) is 8.80. The summed E-state index contributed by atoms with van der Waals surface area (Å²) in [6.45, 7) is 3.54. The highest BCUT2D eigenvalue weighted by Gasteiger charge is 2.05. The van der Waals surface area contributed by atoms with E-state index in [1.807, 2.05) is 0 Å². The molecule has 1 rings (SSSR count). The van der Waals surface area contributed by atoms with Crippen molar-refractivity contribution in [1.82, 2.24) is 0 Å². The molecule has 1 aromatic rings. The average molecular weight is 201 g/mol. The van der Waals surface area contributed by atoms with Crippen LogP contribution in [0.15, 0.2) is 36.5 Å². The summed E-state index contributed by atoms with van der Waals surface area (Å²) in [5.74, 6) is 2.01. The summed E-state index contributed by atoms with van der Waals surface area (Å²) < 4.78 is 4.50. The van der Waals surface area contributed by atoms with Crippen molar-refractivity contribution < 1.29 is 9.53 Å². The molecular weight excluding hydrogens is 190 g/mol. The molecule has 0 radical (unpaired) electrons. The first-order chi connectivity index (χ1) is 7.17. The monoisotopic (exact) mass is 201 g/mol. The molecule has 0 aromatic heterocycles. The molecule has 1 N–H and O–H groups in total. The maximum absolute atomic E-state index is 11.0. The molecule has 3 nitrogen and oxygen atoms in total. The third-order valence-electron chi connectivity index (χ3n) is 1.78. The van der Waals surface area contributed by atoms with E-state index in [2.05, 4.69) is 22.6 Å². The molecule has 76 valence electrons. The summed E-state index contributed by atoms with van der Waals surface area (Å²) in [5.41, 5.74) is 1.71. The number of rotatable bonds is 3. The fourth-order valence-electron chi connectivity index (χ4n) is 0.998. The first kappa shape index (κ1) is 10.9. The lowest BCUT2D eigenvalue weighted by atomic mass is 10.2. The van der Waals surface area contributed by atoms with Gasteiger partial charge in [-0.2, -0.15) is 0 Å². The number of terminal acetylenes is 1. The molecule has 1 aromatic carbocycles. The van der Waals surface area contributed by atoms with Crippen molar-refractivity contribution in [2.24, 2.45) is 0 Å². The smallest absolute Gasteiger partial charge is 0.353 e. The van der Waals surface area contributed by atoms with Crippen molar-refractivity contribution in [3.05, 3.63) is 42.1 Å². The van der Waals surface area contributed by atoms with E-state index in [1.54, 1.807) is 24.3 Å². The van der Waals surface area contributed by atoms with Gasteiger partial charge in [0.2, 0.25) is 0 Å². The molecule has 0 aliphatic heterocycles. The van der Waals surface area contributed by atoms with E-state index in [1.165, 1.54) is 7.11 Å². The Labute approximate surface area is 88.8 Å². The van der Waals surface area contributed by atoms with Crippen LogP contribution in [0, 0.1) is 12.3 Å². The third kappa shape index (κ3) is 2.89. The van der Waals surface area contributed by atoms with Crippen LogP contribution in [0.3, 0.4) is 0 Å². The molecule has 0 atom stereocenters. The van der Waals surface area contributed by atoms with E-state index >= 15 is 0 Å². The number of hydrogen-bond donors (Lipinski definition) is 1. The number of nitrogens with one attached hydrogen (secondary N) is 1. The highest BCUT2D eigenvalue weighted by Crippen LogP contribution is 2.11. The van der Waals surface area contributed by atoms with Crippen LogP contribution in [0.25, 0.3) is 0 Å². The van der Waals surface area contributed by atoms with Crippen LogP contribution in [-0.2, 0) is 9.53 Å². The van der Waals surface area contributed by atoms with Gasteiger partial charge in [-0.1, -0.05) is 12.5 Å². The van der Waals surface area contributed by atoms with Crippen LogP contribution in [-0.4, -0.2) is 13.1 Å². The molecule has 3 heteroatoms. The number of ether oxygens (including phenoxy) is 1. The fraction of sp³-hybridized carbons (Fsp3) is 0.0833. The van der Waals surface area contributed by atoms with Crippen LogP contribution < -0.4 is 5.32 Å². The Bertz CT molecular complexity index is 412. The quantitative estimate of drug-likeness (QED) is 0.460. The van der Waals surface area contributed by atoms with Gasteiger partial charge >= 0.3 is 5.97 Å². The highest BCUT2D eigenvalue weighted by molar-refractivity contribution is 5.91. The zero-order chi connectivity index (χ0) is 11.3. The van der Waals surface area contributed by atoms with Crippen molar-refractivity contribution in [1.29, 1.82) is 0 Å². The Morgan fingerprint density at radius 2 is 2.07 bits per heavy atom. The Kier molecular flexibility index (Phi) is 3.53. The lowest BCUT2D eigenvalue weighted by Gasteiger charge is -2.07. The fourth-order valence-corrected chi connectivity index (χ4v) is 0.998. The molecule has 0 fully saturated rings. The van der Waals surface area contributed by atoms with Gasteiger partial charge in [0.25, 0.3) is 0 Å². The summed E-state index contributed by atoms with van der Waals surface area (Å²) in [6.07, 6.45) is 5.21. The summed E-state index contributed by atoms with van der Waals surface area (Å²) >= 11 is 0. The second-order valence-corrected chi connectivity index (χ2v) is 2.82. The van der Waals surface area contributed by atoms with Crippen LogP contribution in [0.1, 0.15) is 5.56 Å². The minimum absolute atomic E-state index is 0.186. The van der Waals surface area contributed by atoms with Gasteiger partial charge in [-0.05, 0) is 24.3 Å². The molecule has 0 unspecified atom stereocenters. The number of carbonyl (C=O) groups is 1. The minimum Gasteiger partial charge on any atom is -0.464 e. The molecule has 0 bridgehead atoms. The molecular formula is C12H11NO2. The van der Waals surface area contributed by atoms with Crippen molar-refractivity contribution in [3.63, 3.8) is 0 Å². The largest absolute Gasteiger partial charge is 0.464 e. The Morgan fingerprint density at radius 1 is 1.47 bits per heavy atom. The number of hydrogen-bond acceptors (Lipinski definition) is 3. The number of methoxy groups -OCH3 is 1. The molecule has 0 aliphatic carbocycles. The van der Waals surface area contributed by atoms with E-state index in [9.17, 15) is 4.79 Å². The molecule has 0 heterocycles. The first-order valence-corrected chi connectivity index (χ1v) is 4.28. The topological polar surface area (TPSA) is 38.3 Å². The zero-order valence-corrected chi connectivity index (χ0v) is 8.41. The predicted molar refractivity (Wildman–Crippen MR) is 59.2 cm³/mol. The standard InChI is InChI=1S/C12H11NO2/c1-4-10-5-7-11(8-6-10)13-9(2)12(14)15-3/h1,5-8,13H,2H2,3H3. The summed E-state index contributed by atoms with van der Waals surface area (Å²) in [4.78, 5) is 11.0. The van der Waals surface area contributed by atoms with Gasteiger partial charge in [0.15, 0.2) is 0 Å². The second-order valence-electron chi connectivity index (χ2n) is 2.82. The van der Waals surface area contributed by atoms with Gasteiger partial charge < -0.3 is 10.1 Å². The van der Waals surface area contributed by atoms with Crippen LogP contribution in [0.4, 0.5) is 5.69 Å². The minimum atomic E-state index is -0.490. The highest BCUT2D eigenvalue weighted by atomic mass is 16.5. The number of carbonyl (C=O) groups excluding carboxylic acids is 1. The third-order valence-corrected chi connectivity index (χ3v) is 1.78. The van der Waals surface area contributed by atoms with E-state index in [0.29, 0.717) is 0 Å². The maximum Gasteiger partial charge on any atom is 0.353 e. The Morgan fingerprint density at radius 3 is 2.53 bits per heavy atom. The number of anilines is 1. The van der Waals surface area contributed by atoms with Gasteiger partial charge in [-0.3, -0.25) is 0 Å². The Balaban J connectivity index is 2.70. The van der Waals surface area contributed by atoms with E-state index in [4.69, 9.17) is 6.42 Å². The van der Waals surface area contributed by atoms with Crippen molar-refractivity contribution in [3.8, 4) is 12.3 Å². The molecule has 0 saturated carbocycles. The summed E-state index contributed by atoms with van der Waals surface area (Å²) in [6, 6.07) is 7.08. The maximum atomic E-state index is 11.0. The number of esters is 1. The van der Waals surface area contributed by atoms with Gasteiger partial charge in [0.05, 0.1) is 7.11 Å². The molecule has 0 saturated heterocycles. The Hall–Kier alpha value is -2.21. The molecule has 0 aliphatic rings. The van der Waals surface area contributed by atoms with Gasteiger partial charge in [0, 0.05) is 11.3 Å². The van der Waals surface area contributed by atoms with Gasteiger partial charge in [-0.25, -0.2) is 4.79 Å². The molecule has 0 amide bonds. The number of benzene rings is 1. The second kappa shape index (κ2) is 4.87. The van der Waals surface area contributed by atoms with E-state index in [0.717, 1.165) is 11.3 Å². The van der Waals surface area contributed by atoms with Crippen LogP contribution in [0.2, 0.25) is 0 Å². The predicted octanol–water partition coefficient (Wildman–Crippen LogP) is 1.77. The SMILES string of the molecule is C#Cc1ccc(NC(=C)C(=O)OC)cc1. The van der Waals surface area contributed by atoms with Crippen molar-refractivity contribution in [2.45, 2.75) is 0 Å². The average Bonchev–Trinajstić information content (AvgIpc) is 2.29. The van der Waals surface area contributed by atoms with Crippen LogP contribution in [0.5, 0.6) is 0 Å². The van der Waals surface area contributed by atoms with Gasteiger partial charge in [-0.15, -0.1) is 6.42 Å². The molecule has 0 spiro atoms. The summed E-state index contributed by atoms with van der Waals surface area (Å²) in [7, 11) is 1.30. The van der Waals surface area contributed by atoms with E-state index in [-0.39, 0.29) is 5.70 Å². The van der Waals surface area contributed by atoms with Crippen molar-refractivity contribution >= 4 is 11.7 Å². The summed E-state index contributed by atoms with van der Waals surface area (Å²) in [5, 5.41) is 2.81. The molecule has 15 heavy (non-hydrogen) atoms. The van der Waals surface area contributed by atoms with E-state index < -0.39 is 5.97 Å². The lowest BCUT2D eigenvalue weighted by molar-refractivity contribution is -0.135. The first-order valence-electron chi connectivity index (χ1n) is 4.28. The lowest BCUT2D eigenvalue weighted by Crippen LogP contribution is -2.11. The van der Waals surface area contributed by atoms with Gasteiger partial charge in [0.1, 0.15) is 5.70 Å². The zero-order valence-electron chi connectivity index (χ0n) is 8.41.